The van der Waals surface area contributed by atoms with Gasteiger partial charge in [0.05, 0.1) is 19.7 Å². The van der Waals surface area contributed by atoms with E-state index in [1.807, 2.05) is 31.2 Å². The van der Waals surface area contributed by atoms with Crippen molar-refractivity contribution in [3.05, 3.63) is 53.6 Å². The summed E-state index contributed by atoms with van der Waals surface area (Å²) in [6.07, 6.45) is 0. The van der Waals surface area contributed by atoms with E-state index in [9.17, 15) is 0 Å². The summed E-state index contributed by atoms with van der Waals surface area (Å²) in [5.74, 6) is 0. The van der Waals surface area contributed by atoms with Crippen molar-refractivity contribution in [1.82, 2.24) is 5.32 Å². The Hall–Kier alpha value is 0.230. The van der Waals surface area contributed by atoms with Gasteiger partial charge >= 0.3 is 0 Å². The maximum atomic E-state index is 6.37. The number of thiophene rings is 1. The van der Waals surface area contributed by atoms with Gasteiger partial charge in [0.15, 0.2) is 0 Å². The molecule has 1 heterocycles. The normalized spacial score (nSPS) is 12.7. The first kappa shape index (κ1) is 15.6. The van der Waals surface area contributed by atoms with Crippen LogP contribution in [0.5, 0.6) is 0 Å². The van der Waals surface area contributed by atoms with Crippen molar-refractivity contribution in [2.24, 2.45) is 0 Å². The predicted molar refractivity (Wildman–Crippen MR) is 89.0 cm³/mol. The second kappa shape index (κ2) is 6.79. The molecule has 1 nitrogen and oxygen atoms in total. The summed E-state index contributed by atoms with van der Waals surface area (Å²) in [4.78, 5) is 0. The highest BCUT2D eigenvalue weighted by Crippen LogP contribution is 2.40. The van der Waals surface area contributed by atoms with Crippen LogP contribution in [0.4, 0.5) is 0 Å². The summed E-state index contributed by atoms with van der Waals surface area (Å²) in [5, 5.41) is 4.08. The molecule has 1 unspecified atom stereocenters. The van der Waals surface area contributed by atoms with E-state index in [0.717, 1.165) is 22.1 Å². The fourth-order valence-corrected chi connectivity index (χ4v) is 4.03. The third-order valence-corrected chi connectivity index (χ3v) is 5.52. The van der Waals surface area contributed by atoms with Gasteiger partial charge in [-0.2, -0.15) is 0 Å². The fourth-order valence-electron chi connectivity index (χ4n) is 1.88. The average molecular weight is 400 g/mol. The van der Waals surface area contributed by atoms with Gasteiger partial charge in [-0.3, -0.25) is 0 Å². The van der Waals surface area contributed by atoms with E-state index in [4.69, 9.17) is 34.8 Å². The molecular weight excluding hydrogens is 388 g/mol. The van der Waals surface area contributed by atoms with Gasteiger partial charge in [-0.25, -0.2) is 0 Å². The highest BCUT2D eigenvalue weighted by molar-refractivity contribution is 9.10. The lowest BCUT2D eigenvalue weighted by Gasteiger charge is -2.20. The molecule has 1 N–H and O–H groups in total. The molecule has 0 aliphatic carbocycles. The summed E-state index contributed by atoms with van der Waals surface area (Å²) in [6.45, 7) is 2.85. The minimum Gasteiger partial charge on any atom is -0.306 e. The second-order valence-electron chi connectivity index (χ2n) is 3.91. The topological polar surface area (TPSA) is 12.0 Å². The van der Waals surface area contributed by atoms with Gasteiger partial charge < -0.3 is 5.32 Å². The van der Waals surface area contributed by atoms with E-state index in [2.05, 4.69) is 21.2 Å². The number of benzene rings is 1. The van der Waals surface area contributed by atoms with Gasteiger partial charge in [-0.05, 0) is 40.2 Å². The number of nitrogens with one attached hydrogen (secondary N) is 1. The van der Waals surface area contributed by atoms with Crippen LogP contribution in [0.15, 0.2) is 28.7 Å². The van der Waals surface area contributed by atoms with Crippen molar-refractivity contribution < 1.29 is 0 Å². The highest BCUT2D eigenvalue weighted by atomic mass is 79.9. The zero-order chi connectivity index (χ0) is 14.0. The highest BCUT2D eigenvalue weighted by Gasteiger charge is 2.21. The number of hydrogen-bond donors (Lipinski definition) is 1. The molecule has 0 aliphatic rings. The Bertz CT molecular complexity index is 585. The zero-order valence-electron chi connectivity index (χ0n) is 10.0. The molecular formula is C13H11BrCl3NS. The van der Waals surface area contributed by atoms with Gasteiger partial charge in [-0.15, -0.1) is 11.3 Å². The largest absolute Gasteiger partial charge is 0.306 e. The maximum absolute atomic E-state index is 6.37. The zero-order valence-corrected chi connectivity index (χ0v) is 14.7. The minimum absolute atomic E-state index is 0.0637. The van der Waals surface area contributed by atoms with E-state index >= 15 is 0 Å². The van der Waals surface area contributed by atoms with Gasteiger partial charge in [0.2, 0.25) is 0 Å². The third kappa shape index (κ3) is 3.46. The van der Waals surface area contributed by atoms with E-state index in [0.29, 0.717) is 13.7 Å². The van der Waals surface area contributed by atoms with Crippen LogP contribution in [0.1, 0.15) is 24.1 Å². The molecule has 0 amide bonds. The first-order chi connectivity index (χ1) is 9.04. The molecule has 19 heavy (non-hydrogen) atoms. The molecule has 0 aliphatic heterocycles. The van der Waals surface area contributed by atoms with Crippen LogP contribution in [0.2, 0.25) is 13.7 Å². The Kier molecular flexibility index (Phi) is 5.58. The lowest BCUT2D eigenvalue weighted by Crippen LogP contribution is -2.22. The first-order valence-corrected chi connectivity index (χ1v) is 8.41. The Morgan fingerprint density at radius 3 is 2.58 bits per heavy atom. The number of rotatable bonds is 4. The second-order valence-corrected chi connectivity index (χ2v) is 7.43. The van der Waals surface area contributed by atoms with Crippen LogP contribution in [-0.2, 0) is 0 Å². The summed E-state index contributed by atoms with van der Waals surface area (Å²) in [7, 11) is 0. The van der Waals surface area contributed by atoms with E-state index < -0.39 is 0 Å². The van der Waals surface area contributed by atoms with E-state index in [1.54, 1.807) is 0 Å². The van der Waals surface area contributed by atoms with Crippen LogP contribution in [0.25, 0.3) is 0 Å². The molecule has 0 bridgehead atoms. The summed E-state index contributed by atoms with van der Waals surface area (Å²) < 4.78 is 2.23. The summed E-state index contributed by atoms with van der Waals surface area (Å²) >= 11 is 23.5. The van der Waals surface area contributed by atoms with Crippen molar-refractivity contribution in [2.45, 2.75) is 13.0 Å². The molecule has 6 heteroatoms. The van der Waals surface area contributed by atoms with Crippen LogP contribution in [0, 0.1) is 0 Å². The molecule has 1 aromatic heterocycles. The van der Waals surface area contributed by atoms with Gasteiger partial charge in [0.25, 0.3) is 0 Å². The monoisotopic (exact) mass is 397 g/mol. The lowest BCUT2D eigenvalue weighted by molar-refractivity contribution is 0.632. The SMILES string of the molecule is CCNC(c1cc(Cl)sc1Cl)c1cccc(Br)c1Cl. The minimum atomic E-state index is -0.0637. The Morgan fingerprint density at radius 2 is 2.00 bits per heavy atom. The third-order valence-electron chi connectivity index (χ3n) is 2.69. The predicted octanol–water partition coefficient (Wildman–Crippen LogP) is 6.17. The van der Waals surface area contributed by atoms with Gasteiger partial charge in [-0.1, -0.05) is 53.9 Å². The van der Waals surface area contributed by atoms with E-state index in [1.165, 1.54) is 11.3 Å². The van der Waals surface area contributed by atoms with Crippen LogP contribution in [0.3, 0.4) is 0 Å². The Labute approximate surface area is 140 Å². The standard InChI is InChI=1S/C13H11BrCl3NS/c1-2-18-12(8-6-10(15)19-13(8)17)7-4-3-5-9(14)11(7)16/h3-6,12,18H,2H2,1H3. The van der Waals surface area contributed by atoms with Crippen LogP contribution >= 0.6 is 62.1 Å². The Morgan fingerprint density at radius 1 is 1.26 bits per heavy atom. The summed E-state index contributed by atoms with van der Waals surface area (Å²) in [6, 6.07) is 7.68. The van der Waals surface area contributed by atoms with Crippen molar-refractivity contribution >= 4 is 62.1 Å². The van der Waals surface area contributed by atoms with Crippen molar-refractivity contribution in [1.29, 1.82) is 0 Å². The smallest absolute Gasteiger partial charge is 0.0995 e. The molecule has 0 radical (unpaired) electrons. The lowest BCUT2D eigenvalue weighted by atomic mass is 10.0. The molecule has 0 saturated carbocycles. The number of halogens is 4. The molecule has 0 saturated heterocycles. The molecule has 0 fully saturated rings. The van der Waals surface area contributed by atoms with Gasteiger partial charge in [0, 0.05) is 10.0 Å². The quantitative estimate of drug-likeness (QED) is 0.648. The number of hydrogen-bond acceptors (Lipinski definition) is 2. The van der Waals surface area contributed by atoms with Crippen molar-refractivity contribution in [2.75, 3.05) is 6.54 Å². The summed E-state index contributed by atoms with van der Waals surface area (Å²) in [5.41, 5.74) is 1.94. The molecule has 0 spiro atoms. The average Bonchev–Trinajstić information content (AvgIpc) is 2.69. The van der Waals surface area contributed by atoms with E-state index in [-0.39, 0.29) is 6.04 Å². The molecule has 102 valence electrons. The molecule has 1 aromatic carbocycles. The van der Waals surface area contributed by atoms with Crippen LogP contribution in [-0.4, -0.2) is 6.54 Å². The fraction of sp³-hybridized carbons (Fsp3) is 0.231. The van der Waals surface area contributed by atoms with Crippen molar-refractivity contribution in [3.8, 4) is 0 Å². The Balaban J connectivity index is 2.51. The van der Waals surface area contributed by atoms with Gasteiger partial charge in [0.1, 0.15) is 0 Å². The first-order valence-electron chi connectivity index (χ1n) is 5.66. The van der Waals surface area contributed by atoms with Crippen molar-refractivity contribution in [3.63, 3.8) is 0 Å². The molecule has 2 aromatic rings. The van der Waals surface area contributed by atoms with Crippen LogP contribution < -0.4 is 5.32 Å². The molecule has 1 atom stereocenters. The molecule has 2 rings (SSSR count). The maximum Gasteiger partial charge on any atom is 0.0995 e.